The topological polar surface area (TPSA) is 32.3 Å². The summed E-state index contributed by atoms with van der Waals surface area (Å²) in [6, 6.07) is 0.596. The second-order valence-corrected chi connectivity index (χ2v) is 5.86. The summed E-state index contributed by atoms with van der Waals surface area (Å²) in [5.74, 6) is 0.833. The van der Waals surface area contributed by atoms with E-state index >= 15 is 0 Å². The van der Waals surface area contributed by atoms with Gasteiger partial charge < -0.3 is 10.4 Å². The fraction of sp³-hybridized carbons (Fsp3) is 1.00. The van der Waals surface area contributed by atoms with Crippen molar-refractivity contribution in [1.82, 2.24) is 5.32 Å². The van der Waals surface area contributed by atoms with Crippen molar-refractivity contribution in [2.75, 3.05) is 18.6 Å². The summed E-state index contributed by atoms with van der Waals surface area (Å²) in [5, 5.41) is 13.1. The van der Waals surface area contributed by atoms with Gasteiger partial charge in [-0.05, 0) is 24.5 Å². The highest BCUT2D eigenvalue weighted by molar-refractivity contribution is 7.98. The van der Waals surface area contributed by atoms with Crippen LogP contribution in [0.15, 0.2) is 0 Å². The summed E-state index contributed by atoms with van der Waals surface area (Å²) in [7, 11) is 0. The van der Waals surface area contributed by atoms with Crippen LogP contribution in [-0.2, 0) is 0 Å². The average Bonchev–Trinajstić information content (AvgIpc) is 2.42. The van der Waals surface area contributed by atoms with Crippen molar-refractivity contribution in [3.8, 4) is 0 Å². The Morgan fingerprint density at radius 2 is 2.29 bits per heavy atom. The van der Waals surface area contributed by atoms with E-state index < -0.39 is 0 Å². The van der Waals surface area contributed by atoms with Crippen LogP contribution in [0.5, 0.6) is 0 Å². The second-order valence-electron chi connectivity index (χ2n) is 4.95. The molecule has 0 aromatic carbocycles. The lowest BCUT2D eigenvalue weighted by molar-refractivity contribution is 0.176. The maximum atomic E-state index is 9.60. The number of thioether (sulfide) groups is 1. The van der Waals surface area contributed by atoms with E-state index in [1.807, 2.05) is 6.26 Å². The fourth-order valence-corrected chi connectivity index (χ4v) is 2.74. The van der Waals surface area contributed by atoms with Gasteiger partial charge in [-0.2, -0.15) is 11.8 Å². The minimum Gasteiger partial charge on any atom is -0.391 e. The van der Waals surface area contributed by atoms with Gasteiger partial charge in [-0.1, -0.05) is 20.3 Å². The zero-order chi connectivity index (χ0) is 10.6. The van der Waals surface area contributed by atoms with E-state index in [9.17, 15) is 5.11 Å². The van der Waals surface area contributed by atoms with Crippen LogP contribution in [0.1, 0.15) is 33.1 Å². The van der Waals surface area contributed by atoms with Crippen LogP contribution in [-0.4, -0.2) is 35.8 Å². The molecule has 0 heterocycles. The number of aliphatic hydroxyl groups is 1. The van der Waals surface area contributed by atoms with E-state index in [0.717, 1.165) is 12.3 Å². The van der Waals surface area contributed by atoms with Gasteiger partial charge >= 0.3 is 0 Å². The van der Waals surface area contributed by atoms with Crippen molar-refractivity contribution in [3.05, 3.63) is 0 Å². The summed E-state index contributed by atoms with van der Waals surface area (Å²) < 4.78 is 0. The third kappa shape index (κ3) is 3.44. The first-order chi connectivity index (χ1) is 6.56. The van der Waals surface area contributed by atoms with Crippen molar-refractivity contribution >= 4 is 11.8 Å². The molecule has 0 radical (unpaired) electrons. The molecule has 1 aliphatic carbocycles. The van der Waals surface area contributed by atoms with Gasteiger partial charge in [0.1, 0.15) is 0 Å². The number of hydrogen-bond acceptors (Lipinski definition) is 3. The summed E-state index contributed by atoms with van der Waals surface area (Å²) >= 11 is 1.70. The van der Waals surface area contributed by atoms with Crippen LogP contribution in [0, 0.1) is 5.41 Å². The molecular formula is C11H23NOS. The number of rotatable bonds is 5. The monoisotopic (exact) mass is 217 g/mol. The Kier molecular flexibility index (Phi) is 4.74. The van der Waals surface area contributed by atoms with Crippen LogP contribution in [0.3, 0.4) is 0 Å². The zero-order valence-corrected chi connectivity index (χ0v) is 10.4. The molecule has 1 saturated carbocycles. The molecule has 2 nitrogen and oxygen atoms in total. The summed E-state index contributed by atoms with van der Waals surface area (Å²) in [6.07, 6.45) is 5.73. The van der Waals surface area contributed by atoms with E-state index in [-0.39, 0.29) is 6.10 Å². The molecule has 14 heavy (non-hydrogen) atoms. The number of aliphatic hydroxyl groups excluding tert-OH is 1. The van der Waals surface area contributed by atoms with Crippen LogP contribution < -0.4 is 5.32 Å². The van der Waals surface area contributed by atoms with Crippen molar-refractivity contribution in [2.45, 2.75) is 45.3 Å². The molecule has 0 spiro atoms. The van der Waals surface area contributed by atoms with E-state index in [4.69, 9.17) is 0 Å². The molecule has 84 valence electrons. The SMILES string of the molecule is CSCC(O)CNC1CCCC1(C)C. The van der Waals surface area contributed by atoms with Crippen LogP contribution in [0.25, 0.3) is 0 Å². The predicted octanol–water partition coefficient (Wildman–Crippen LogP) is 1.88. The van der Waals surface area contributed by atoms with Gasteiger partial charge in [0, 0.05) is 18.3 Å². The van der Waals surface area contributed by atoms with Gasteiger partial charge in [-0.15, -0.1) is 0 Å². The maximum Gasteiger partial charge on any atom is 0.0754 e. The Hall–Kier alpha value is 0.270. The van der Waals surface area contributed by atoms with Gasteiger partial charge in [-0.3, -0.25) is 0 Å². The summed E-state index contributed by atoms with van der Waals surface area (Å²) in [6.45, 7) is 5.38. The smallest absolute Gasteiger partial charge is 0.0754 e. The van der Waals surface area contributed by atoms with Gasteiger partial charge in [0.05, 0.1) is 6.10 Å². The average molecular weight is 217 g/mol. The highest BCUT2D eigenvalue weighted by Crippen LogP contribution is 2.36. The molecule has 0 saturated heterocycles. The maximum absolute atomic E-state index is 9.60. The third-order valence-corrected chi connectivity index (χ3v) is 3.93. The highest BCUT2D eigenvalue weighted by Gasteiger charge is 2.33. The van der Waals surface area contributed by atoms with Gasteiger partial charge in [0.25, 0.3) is 0 Å². The second kappa shape index (κ2) is 5.38. The standard InChI is InChI=1S/C11H23NOS/c1-11(2)6-4-5-10(11)12-7-9(13)8-14-3/h9-10,12-13H,4-8H2,1-3H3. The van der Waals surface area contributed by atoms with E-state index in [2.05, 4.69) is 19.2 Å². The van der Waals surface area contributed by atoms with Crippen LogP contribution >= 0.6 is 11.8 Å². The van der Waals surface area contributed by atoms with Crippen molar-refractivity contribution in [3.63, 3.8) is 0 Å². The Morgan fingerprint density at radius 3 is 2.79 bits per heavy atom. The van der Waals surface area contributed by atoms with Gasteiger partial charge in [0.2, 0.25) is 0 Å². The van der Waals surface area contributed by atoms with Crippen molar-refractivity contribution < 1.29 is 5.11 Å². The molecule has 2 atom stereocenters. The molecular weight excluding hydrogens is 194 g/mol. The Labute approximate surface area is 91.9 Å². The van der Waals surface area contributed by atoms with Crippen LogP contribution in [0.4, 0.5) is 0 Å². The van der Waals surface area contributed by atoms with Crippen LogP contribution in [0.2, 0.25) is 0 Å². The lowest BCUT2D eigenvalue weighted by Crippen LogP contribution is -2.42. The molecule has 0 bridgehead atoms. The molecule has 0 aromatic heterocycles. The van der Waals surface area contributed by atoms with E-state index in [0.29, 0.717) is 11.5 Å². The summed E-state index contributed by atoms with van der Waals surface area (Å²) in [4.78, 5) is 0. The molecule has 1 aliphatic rings. The Morgan fingerprint density at radius 1 is 1.57 bits per heavy atom. The predicted molar refractivity (Wildman–Crippen MR) is 63.8 cm³/mol. The molecule has 1 fully saturated rings. The van der Waals surface area contributed by atoms with Crippen molar-refractivity contribution in [1.29, 1.82) is 0 Å². The van der Waals surface area contributed by atoms with Gasteiger partial charge in [-0.25, -0.2) is 0 Å². The Balaban J connectivity index is 2.24. The molecule has 2 unspecified atom stereocenters. The largest absolute Gasteiger partial charge is 0.391 e. The first-order valence-corrected chi connectivity index (χ1v) is 6.86. The van der Waals surface area contributed by atoms with E-state index in [1.165, 1.54) is 19.3 Å². The molecule has 0 amide bonds. The first-order valence-electron chi connectivity index (χ1n) is 5.46. The molecule has 0 aromatic rings. The Bertz CT molecular complexity index is 173. The normalized spacial score (nSPS) is 27.9. The summed E-state index contributed by atoms with van der Waals surface area (Å²) in [5.41, 5.74) is 0.416. The lowest BCUT2D eigenvalue weighted by atomic mass is 9.87. The third-order valence-electron chi connectivity index (χ3n) is 3.22. The van der Waals surface area contributed by atoms with Gasteiger partial charge in [0.15, 0.2) is 0 Å². The lowest BCUT2D eigenvalue weighted by Gasteiger charge is -2.28. The number of hydrogen-bond donors (Lipinski definition) is 2. The van der Waals surface area contributed by atoms with Crippen molar-refractivity contribution in [2.24, 2.45) is 5.41 Å². The highest BCUT2D eigenvalue weighted by atomic mass is 32.2. The zero-order valence-electron chi connectivity index (χ0n) is 9.55. The molecule has 2 N–H and O–H groups in total. The number of nitrogens with one attached hydrogen (secondary N) is 1. The minimum atomic E-state index is -0.193. The molecule has 0 aliphatic heterocycles. The first kappa shape index (κ1) is 12.3. The van der Waals surface area contributed by atoms with E-state index in [1.54, 1.807) is 11.8 Å². The molecule has 3 heteroatoms. The minimum absolute atomic E-state index is 0.193. The molecule has 1 rings (SSSR count). The quantitative estimate of drug-likeness (QED) is 0.737. The fourth-order valence-electron chi connectivity index (χ4n) is 2.23.